The summed E-state index contributed by atoms with van der Waals surface area (Å²) in [6, 6.07) is 17.5. The molecule has 1 aliphatic rings. The van der Waals surface area contributed by atoms with Crippen LogP contribution in [0.2, 0.25) is 0 Å². The standard InChI is InChI=1S/C31H38N4/c1-19-21-17-27(34(19)9)30(5,6)31(7,8)28-18-22(20(2)35(28)10)24-14-12-16-26(33-24)29(3,4)25-15-11-13-23(21)32-25/h11-18H,1-10H3. The Hall–Kier alpha value is -3.14. The third-order valence-corrected chi connectivity index (χ3v) is 9.24. The third-order valence-electron chi connectivity index (χ3n) is 9.24. The van der Waals surface area contributed by atoms with Gasteiger partial charge in [0.05, 0.1) is 22.8 Å². The molecule has 0 unspecified atom stereocenters. The lowest BCUT2D eigenvalue weighted by Gasteiger charge is -2.42. The van der Waals surface area contributed by atoms with Crippen LogP contribution in [0.1, 0.15) is 75.7 Å². The van der Waals surface area contributed by atoms with Crippen LogP contribution in [-0.4, -0.2) is 19.1 Å². The Balaban J connectivity index is 1.91. The number of hydrogen-bond donors (Lipinski definition) is 0. The van der Waals surface area contributed by atoms with E-state index in [9.17, 15) is 0 Å². The van der Waals surface area contributed by atoms with Gasteiger partial charge >= 0.3 is 0 Å². The van der Waals surface area contributed by atoms with Crippen LogP contribution in [0.4, 0.5) is 0 Å². The average Bonchev–Trinajstić information content (AvgIpc) is 3.30. The molecule has 4 aromatic heterocycles. The third kappa shape index (κ3) is 3.18. The molecule has 0 N–H and O–H groups in total. The van der Waals surface area contributed by atoms with Crippen LogP contribution in [0.25, 0.3) is 22.5 Å². The summed E-state index contributed by atoms with van der Waals surface area (Å²) in [5.41, 5.74) is 11.0. The zero-order valence-electron chi connectivity index (χ0n) is 22.9. The van der Waals surface area contributed by atoms with Crippen LogP contribution in [0.15, 0.2) is 48.5 Å². The summed E-state index contributed by atoms with van der Waals surface area (Å²) in [5.74, 6) is 0. The van der Waals surface area contributed by atoms with Gasteiger partial charge in [-0.15, -0.1) is 0 Å². The summed E-state index contributed by atoms with van der Waals surface area (Å²) in [6.07, 6.45) is 0. The molecule has 0 fully saturated rings. The Labute approximate surface area is 210 Å². The van der Waals surface area contributed by atoms with Crippen molar-refractivity contribution >= 4 is 0 Å². The van der Waals surface area contributed by atoms with Crippen molar-refractivity contribution in [2.75, 3.05) is 0 Å². The van der Waals surface area contributed by atoms with Crippen LogP contribution in [-0.2, 0) is 30.3 Å². The predicted octanol–water partition coefficient (Wildman–Crippen LogP) is 7.00. The van der Waals surface area contributed by atoms with Crippen LogP contribution >= 0.6 is 0 Å². The average molecular weight is 467 g/mol. The number of aromatic nitrogens is 4. The fraction of sp³-hybridized carbons (Fsp3) is 0.419. The van der Waals surface area contributed by atoms with Crippen molar-refractivity contribution in [1.29, 1.82) is 0 Å². The molecule has 0 atom stereocenters. The number of pyridine rings is 2. The van der Waals surface area contributed by atoms with Crippen LogP contribution < -0.4 is 0 Å². The molecule has 4 aromatic rings. The van der Waals surface area contributed by atoms with E-state index in [4.69, 9.17) is 9.97 Å². The molecule has 8 bridgehead atoms. The van der Waals surface area contributed by atoms with Gasteiger partial charge in [-0.05, 0) is 64.1 Å². The number of rotatable bonds is 0. The van der Waals surface area contributed by atoms with Crippen molar-refractivity contribution in [1.82, 2.24) is 19.1 Å². The van der Waals surface area contributed by atoms with Gasteiger partial charge in [0.25, 0.3) is 0 Å². The largest absolute Gasteiger partial charge is 0.351 e. The molecule has 5 rings (SSSR count). The van der Waals surface area contributed by atoms with Gasteiger partial charge in [0.1, 0.15) is 0 Å². The highest BCUT2D eigenvalue weighted by Gasteiger charge is 2.44. The summed E-state index contributed by atoms with van der Waals surface area (Å²) in [7, 11) is 4.39. The molecule has 0 radical (unpaired) electrons. The predicted molar refractivity (Wildman–Crippen MR) is 145 cm³/mol. The molecule has 0 saturated carbocycles. The highest BCUT2D eigenvalue weighted by molar-refractivity contribution is 5.67. The van der Waals surface area contributed by atoms with E-state index in [0.717, 1.165) is 22.8 Å². The van der Waals surface area contributed by atoms with Gasteiger partial charge in [-0.25, -0.2) is 0 Å². The summed E-state index contributed by atoms with van der Waals surface area (Å²) in [5, 5.41) is 0. The minimum absolute atomic E-state index is 0.146. The van der Waals surface area contributed by atoms with Gasteiger partial charge in [-0.3, -0.25) is 9.97 Å². The van der Waals surface area contributed by atoms with E-state index in [1.807, 2.05) is 0 Å². The van der Waals surface area contributed by atoms with Crippen LogP contribution in [0.5, 0.6) is 0 Å². The zero-order chi connectivity index (χ0) is 25.5. The van der Waals surface area contributed by atoms with Crippen molar-refractivity contribution < 1.29 is 0 Å². The first-order valence-corrected chi connectivity index (χ1v) is 12.6. The summed E-state index contributed by atoms with van der Waals surface area (Å²) < 4.78 is 4.73. The number of hydrogen-bond acceptors (Lipinski definition) is 2. The lowest BCUT2D eigenvalue weighted by molar-refractivity contribution is 0.275. The highest BCUT2D eigenvalue weighted by atomic mass is 15.0. The van der Waals surface area contributed by atoms with E-state index >= 15 is 0 Å². The van der Waals surface area contributed by atoms with E-state index < -0.39 is 0 Å². The van der Waals surface area contributed by atoms with Gasteiger partial charge in [0, 0.05) is 64.2 Å². The first kappa shape index (κ1) is 23.6. The molecule has 35 heavy (non-hydrogen) atoms. The Morgan fingerprint density at radius 1 is 0.600 bits per heavy atom. The van der Waals surface area contributed by atoms with Crippen molar-refractivity contribution in [2.45, 2.75) is 71.6 Å². The maximum atomic E-state index is 5.21. The number of nitrogens with zero attached hydrogens (tertiary/aromatic N) is 4. The van der Waals surface area contributed by atoms with E-state index in [1.165, 1.54) is 33.9 Å². The van der Waals surface area contributed by atoms with Crippen molar-refractivity contribution in [3.05, 3.63) is 82.7 Å². The minimum atomic E-state index is -0.332. The topological polar surface area (TPSA) is 35.6 Å². The summed E-state index contributed by atoms with van der Waals surface area (Å²) in [4.78, 5) is 10.4. The van der Waals surface area contributed by atoms with E-state index in [2.05, 4.69) is 127 Å². The molecule has 0 aliphatic carbocycles. The quantitative estimate of drug-likeness (QED) is 0.280. The van der Waals surface area contributed by atoms with Crippen molar-refractivity contribution in [3.8, 4) is 22.5 Å². The molecule has 1 aliphatic heterocycles. The second-order valence-electron chi connectivity index (χ2n) is 11.9. The minimum Gasteiger partial charge on any atom is -0.351 e. The zero-order valence-corrected chi connectivity index (χ0v) is 22.9. The normalized spacial score (nSPS) is 17.5. The molecule has 0 saturated heterocycles. The highest BCUT2D eigenvalue weighted by Crippen LogP contribution is 2.47. The van der Waals surface area contributed by atoms with Crippen LogP contribution in [0.3, 0.4) is 0 Å². The lowest BCUT2D eigenvalue weighted by Crippen LogP contribution is -2.43. The Kier molecular flexibility index (Phi) is 5.01. The van der Waals surface area contributed by atoms with Gasteiger partial charge in [0.2, 0.25) is 0 Å². The van der Waals surface area contributed by atoms with E-state index in [-0.39, 0.29) is 16.2 Å². The van der Waals surface area contributed by atoms with Gasteiger partial charge in [-0.1, -0.05) is 39.8 Å². The first-order chi connectivity index (χ1) is 16.3. The fourth-order valence-corrected chi connectivity index (χ4v) is 5.75. The fourth-order valence-electron chi connectivity index (χ4n) is 5.75. The summed E-state index contributed by atoms with van der Waals surface area (Å²) in [6.45, 7) is 18.4. The maximum Gasteiger partial charge on any atom is 0.0723 e. The van der Waals surface area contributed by atoms with Crippen LogP contribution in [0, 0.1) is 13.8 Å². The SMILES string of the molecule is Cc1c2cc(n1C)C(C)(C)C(C)(C)c1cc(c(C)n1C)-c1cccc(n1)C(C)(C)c1cccc-2n1. The van der Waals surface area contributed by atoms with E-state index in [1.54, 1.807) is 0 Å². The van der Waals surface area contributed by atoms with Gasteiger partial charge in [-0.2, -0.15) is 0 Å². The molecule has 0 amide bonds. The lowest BCUT2D eigenvalue weighted by atomic mass is 9.64. The Morgan fingerprint density at radius 3 is 1.34 bits per heavy atom. The number of fused-ring (bicyclic) bond motifs is 10. The molecule has 182 valence electrons. The molecule has 4 heteroatoms. The van der Waals surface area contributed by atoms with Crippen molar-refractivity contribution in [2.24, 2.45) is 14.1 Å². The summed E-state index contributed by atoms with van der Waals surface area (Å²) >= 11 is 0. The Bertz CT molecular complexity index is 1350. The second kappa shape index (κ2) is 7.43. The molecule has 0 spiro atoms. The smallest absolute Gasteiger partial charge is 0.0723 e. The molecule has 5 heterocycles. The molecular weight excluding hydrogens is 428 g/mol. The molecule has 4 nitrogen and oxygen atoms in total. The Morgan fingerprint density at radius 2 is 0.971 bits per heavy atom. The monoisotopic (exact) mass is 466 g/mol. The van der Waals surface area contributed by atoms with Gasteiger partial charge < -0.3 is 9.13 Å². The second-order valence-corrected chi connectivity index (χ2v) is 11.9. The van der Waals surface area contributed by atoms with Gasteiger partial charge in [0.15, 0.2) is 0 Å². The first-order valence-electron chi connectivity index (χ1n) is 12.6. The van der Waals surface area contributed by atoms with Crippen molar-refractivity contribution in [3.63, 3.8) is 0 Å². The maximum absolute atomic E-state index is 5.21. The molecule has 0 aromatic carbocycles. The molecular formula is C31H38N4. The van der Waals surface area contributed by atoms with E-state index in [0.29, 0.717) is 0 Å².